The molecule has 19 heavy (non-hydrogen) atoms. The van der Waals surface area contributed by atoms with Crippen LogP contribution in [0.3, 0.4) is 0 Å². The van der Waals surface area contributed by atoms with Gasteiger partial charge in [-0.1, -0.05) is 0 Å². The van der Waals surface area contributed by atoms with E-state index in [0.717, 1.165) is 26.0 Å². The van der Waals surface area contributed by atoms with E-state index in [4.69, 9.17) is 4.74 Å². The molecule has 2 rings (SSSR count). The standard InChI is InChI=1S/C14H21N3O2/c1-3-15-13-12(6-5-7-16-13)14(18)17-10-8-11(9-10)19-4-2/h5-7,10-11H,3-4,8-9H2,1-2H3,(H,15,16)(H,17,18). The summed E-state index contributed by atoms with van der Waals surface area (Å²) in [5.41, 5.74) is 0.601. The maximum Gasteiger partial charge on any atom is 0.255 e. The largest absolute Gasteiger partial charge is 0.378 e. The van der Waals surface area contributed by atoms with Crippen molar-refractivity contribution in [3.63, 3.8) is 0 Å². The number of hydrogen-bond donors (Lipinski definition) is 2. The van der Waals surface area contributed by atoms with Crippen LogP contribution in [-0.4, -0.2) is 36.2 Å². The number of nitrogens with zero attached hydrogens (tertiary/aromatic N) is 1. The van der Waals surface area contributed by atoms with E-state index in [1.807, 2.05) is 13.8 Å². The van der Waals surface area contributed by atoms with Crippen LogP contribution in [0.2, 0.25) is 0 Å². The lowest BCUT2D eigenvalue weighted by atomic mass is 9.89. The monoisotopic (exact) mass is 263 g/mol. The van der Waals surface area contributed by atoms with Crippen molar-refractivity contribution in [2.24, 2.45) is 0 Å². The highest BCUT2D eigenvalue weighted by molar-refractivity contribution is 5.98. The molecular weight excluding hydrogens is 242 g/mol. The molecule has 1 heterocycles. The number of rotatable bonds is 6. The van der Waals surface area contributed by atoms with Crippen LogP contribution in [0.1, 0.15) is 37.0 Å². The van der Waals surface area contributed by atoms with Crippen LogP contribution in [-0.2, 0) is 4.74 Å². The Morgan fingerprint density at radius 1 is 1.47 bits per heavy atom. The Morgan fingerprint density at radius 2 is 2.26 bits per heavy atom. The first-order valence-electron chi connectivity index (χ1n) is 6.86. The Bertz CT molecular complexity index is 430. The Hall–Kier alpha value is -1.62. The zero-order valence-corrected chi connectivity index (χ0v) is 11.5. The van der Waals surface area contributed by atoms with Crippen LogP contribution < -0.4 is 10.6 Å². The smallest absolute Gasteiger partial charge is 0.255 e. The van der Waals surface area contributed by atoms with Crippen LogP contribution >= 0.6 is 0 Å². The average molecular weight is 263 g/mol. The minimum atomic E-state index is -0.0657. The second-order valence-electron chi connectivity index (χ2n) is 4.65. The highest BCUT2D eigenvalue weighted by atomic mass is 16.5. The van der Waals surface area contributed by atoms with Crippen molar-refractivity contribution in [1.82, 2.24) is 10.3 Å². The first-order chi connectivity index (χ1) is 9.24. The lowest BCUT2D eigenvalue weighted by Crippen LogP contribution is -2.47. The van der Waals surface area contributed by atoms with E-state index in [9.17, 15) is 4.79 Å². The fourth-order valence-electron chi connectivity index (χ4n) is 2.22. The number of hydrogen-bond acceptors (Lipinski definition) is 4. The van der Waals surface area contributed by atoms with Gasteiger partial charge in [-0.05, 0) is 38.8 Å². The fraction of sp³-hybridized carbons (Fsp3) is 0.571. The summed E-state index contributed by atoms with van der Waals surface area (Å²) in [5.74, 6) is 0.576. The third-order valence-electron chi connectivity index (χ3n) is 3.23. The molecule has 1 aromatic heterocycles. The van der Waals surface area contributed by atoms with Gasteiger partial charge in [-0.15, -0.1) is 0 Å². The van der Waals surface area contributed by atoms with Crippen LogP contribution in [0.25, 0.3) is 0 Å². The number of anilines is 1. The fourth-order valence-corrected chi connectivity index (χ4v) is 2.22. The number of nitrogens with one attached hydrogen (secondary N) is 2. The summed E-state index contributed by atoms with van der Waals surface area (Å²) in [6.45, 7) is 5.45. The van der Waals surface area contributed by atoms with Crippen molar-refractivity contribution in [2.75, 3.05) is 18.5 Å². The van der Waals surface area contributed by atoms with Gasteiger partial charge in [0.15, 0.2) is 0 Å². The van der Waals surface area contributed by atoms with Crippen molar-refractivity contribution < 1.29 is 9.53 Å². The van der Waals surface area contributed by atoms with Crippen LogP contribution in [0.5, 0.6) is 0 Å². The molecule has 1 aliphatic rings. The lowest BCUT2D eigenvalue weighted by molar-refractivity contribution is -0.00861. The maximum absolute atomic E-state index is 12.2. The van der Waals surface area contributed by atoms with Crippen LogP contribution in [0.15, 0.2) is 18.3 Å². The highest BCUT2D eigenvalue weighted by Crippen LogP contribution is 2.24. The van der Waals surface area contributed by atoms with Gasteiger partial charge in [0.2, 0.25) is 0 Å². The molecule has 1 fully saturated rings. The normalized spacial score (nSPS) is 21.6. The van der Waals surface area contributed by atoms with E-state index in [0.29, 0.717) is 17.5 Å². The number of pyridine rings is 1. The molecule has 0 aromatic carbocycles. The zero-order valence-electron chi connectivity index (χ0n) is 11.5. The number of amides is 1. The van der Waals surface area contributed by atoms with Crippen molar-refractivity contribution in [2.45, 2.75) is 38.8 Å². The molecule has 0 atom stereocenters. The van der Waals surface area contributed by atoms with E-state index >= 15 is 0 Å². The maximum atomic E-state index is 12.2. The molecule has 0 unspecified atom stereocenters. The predicted molar refractivity (Wildman–Crippen MR) is 74.3 cm³/mol. The first-order valence-corrected chi connectivity index (χ1v) is 6.86. The van der Waals surface area contributed by atoms with Gasteiger partial charge >= 0.3 is 0 Å². The summed E-state index contributed by atoms with van der Waals surface area (Å²) < 4.78 is 5.48. The van der Waals surface area contributed by atoms with Crippen molar-refractivity contribution in [3.05, 3.63) is 23.9 Å². The third-order valence-corrected chi connectivity index (χ3v) is 3.23. The molecule has 1 amide bonds. The quantitative estimate of drug-likeness (QED) is 0.821. The number of carbonyl (C=O) groups excluding carboxylic acids is 1. The SMILES string of the molecule is CCNc1ncccc1C(=O)NC1CC(OCC)C1. The minimum Gasteiger partial charge on any atom is -0.378 e. The Labute approximate surface area is 113 Å². The average Bonchev–Trinajstić information content (AvgIpc) is 2.37. The summed E-state index contributed by atoms with van der Waals surface area (Å²) in [7, 11) is 0. The number of carbonyl (C=O) groups is 1. The van der Waals surface area contributed by atoms with E-state index in [1.165, 1.54) is 0 Å². The second-order valence-corrected chi connectivity index (χ2v) is 4.65. The van der Waals surface area contributed by atoms with E-state index in [2.05, 4.69) is 15.6 Å². The molecule has 0 saturated heterocycles. The molecule has 5 nitrogen and oxygen atoms in total. The molecule has 104 valence electrons. The third kappa shape index (κ3) is 3.44. The van der Waals surface area contributed by atoms with Gasteiger partial charge in [-0.3, -0.25) is 4.79 Å². The Morgan fingerprint density at radius 3 is 2.95 bits per heavy atom. The molecule has 0 spiro atoms. The predicted octanol–water partition coefficient (Wildman–Crippen LogP) is 1.81. The molecular formula is C14H21N3O2. The topological polar surface area (TPSA) is 63.2 Å². The lowest BCUT2D eigenvalue weighted by Gasteiger charge is -2.35. The molecule has 0 radical (unpaired) electrons. The van der Waals surface area contributed by atoms with E-state index in [1.54, 1.807) is 18.3 Å². The van der Waals surface area contributed by atoms with Gasteiger partial charge in [-0.2, -0.15) is 0 Å². The second kappa shape index (κ2) is 6.52. The van der Waals surface area contributed by atoms with Gasteiger partial charge in [0.1, 0.15) is 5.82 Å². The van der Waals surface area contributed by atoms with E-state index in [-0.39, 0.29) is 11.9 Å². The molecule has 1 saturated carbocycles. The molecule has 0 bridgehead atoms. The summed E-state index contributed by atoms with van der Waals surface area (Å²) in [6, 6.07) is 3.79. The zero-order chi connectivity index (χ0) is 13.7. The van der Waals surface area contributed by atoms with Gasteiger partial charge < -0.3 is 15.4 Å². The summed E-state index contributed by atoms with van der Waals surface area (Å²) in [4.78, 5) is 16.4. The Balaban J connectivity index is 1.90. The highest BCUT2D eigenvalue weighted by Gasteiger charge is 2.31. The van der Waals surface area contributed by atoms with Gasteiger partial charge in [0.05, 0.1) is 11.7 Å². The minimum absolute atomic E-state index is 0.0657. The van der Waals surface area contributed by atoms with Gasteiger partial charge in [0.25, 0.3) is 5.91 Å². The van der Waals surface area contributed by atoms with Crippen LogP contribution in [0, 0.1) is 0 Å². The summed E-state index contributed by atoms with van der Waals surface area (Å²) in [6.07, 6.45) is 3.79. The van der Waals surface area contributed by atoms with E-state index < -0.39 is 0 Å². The molecule has 1 aliphatic carbocycles. The van der Waals surface area contributed by atoms with Crippen LogP contribution in [0.4, 0.5) is 5.82 Å². The summed E-state index contributed by atoms with van der Waals surface area (Å²) >= 11 is 0. The Kier molecular flexibility index (Phi) is 4.74. The number of aromatic nitrogens is 1. The molecule has 1 aromatic rings. The summed E-state index contributed by atoms with van der Waals surface area (Å²) in [5, 5.41) is 6.12. The van der Waals surface area contributed by atoms with Gasteiger partial charge in [-0.25, -0.2) is 4.98 Å². The van der Waals surface area contributed by atoms with Gasteiger partial charge in [0, 0.05) is 25.4 Å². The molecule has 2 N–H and O–H groups in total. The van der Waals surface area contributed by atoms with Crippen molar-refractivity contribution in [3.8, 4) is 0 Å². The number of ether oxygens (including phenoxy) is 1. The first kappa shape index (κ1) is 13.8. The molecule has 0 aliphatic heterocycles. The van der Waals surface area contributed by atoms with Crippen molar-refractivity contribution >= 4 is 11.7 Å². The molecule has 5 heteroatoms. The van der Waals surface area contributed by atoms with Crippen molar-refractivity contribution in [1.29, 1.82) is 0 Å².